The Morgan fingerprint density at radius 1 is 1.15 bits per heavy atom. The van der Waals surface area contributed by atoms with E-state index in [0.717, 1.165) is 58.7 Å². The third-order valence-corrected chi connectivity index (χ3v) is 4.96. The minimum atomic E-state index is -0.0712. The molecule has 116 valence electrons. The van der Waals surface area contributed by atoms with Gasteiger partial charge in [-0.1, -0.05) is 13.8 Å². The zero-order valence-electron chi connectivity index (χ0n) is 13.7. The number of hydrogen-bond acceptors (Lipinski definition) is 4. The molecule has 2 rings (SSSR count). The molecule has 0 aromatic carbocycles. The van der Waals surface area contributed by atoms with Crippen molar-refractivity contribution in [2.24, 2.45) is 11.3 Å². The molecule has 1 heterocycles. The second kappa shape index (κ2) is 6.54. The van der Waals surface area contributed by atoms with E-state index in [2.05, 4.69) is 42.6 Å². The van der Waals surface area contributed by atoms with E-state index in [9.17, 15) is 4.79 Å². The number of hydrogen-bond donors (Lipinski definition) is 0. The third-order valence-electron chi connectivity index (χ3n) is 4.96. The van der Waals surface area contributed by atoms with Crippen molar-refractivity contribution in [2.75, 3.05) is 59.9 Å². The molecule has 1 aliphatic heterocycles. The van der Waals surface area contributed by atoms with Gasteiger partial charge in [-0.25, -0.2) is 0 Å². The molecule has 1 atom stereocenters. The van der Waals surface area contributed by atoms with E-state index in [1.807, 2.05) is 0 Å². The first kappa shape index (κ1) is 15.9. The smallest absolute Gasteiger partial charge is 0.142 e. The Kier molecular flexibility index (Phi) is 5.21. The number of nitrogens with zero attached hydrogens (tertiary/aromatic N) is 3. The summed E-state index contributed by atoms with van der Waals surface area (Å²) in [4.78, 5) is 19.6. The molecule has 0 N–H and O–H groups in total. The average Bonchev–Trinajstić information content (AvgIpc) is 2.65. The van der Waals surface area contributed by atoms with E-state index in [4.69, 9.17) is 0 Å². The summed E-state index contributed by atoms with van der Waals surface area (Å²) in [6, 6.07) is 0. The van der Waals surface area contributed by atoms with Crippen molar-refractivity contribution in [1.82, 2.24) is 14.7 Å². The summed E-state index contributed by atoms with van der Waals surface area (Å²) in [5.41, 5.74) is -0.0712. The minimum Gasteiger partial charge on any atom is -0.308 e. The van der Waals surface area contributed by atoms with Crippen LogP contribution in [-0.2, 0) is 4.79 Å². The number of Topliss-reactive ketones (excluding diaryl/α,β-unsaturated/α-hetero) is 1. The van der Waals surface area contributed by atoms with Crippen LogP contribution in [0.2, 0.25) is 0 Å². The number of likely N-dealkylation sites (N-methyl/N-ethyl adjacent to an activating group) is 1. The van der Waals surface area contributed by atoms with Gasteiger partial charge in [-0.2, -0.15) is 0 Å². The van der Waals surface area contributed by atoms with Crippen LogP contribution in [-0.4, -0.2) is 80.4 Å². The van der Waals surface area contributed by atoms with Crippen molar-refractivity contribution in [1.29, 1.82) is 0 Å². The average molecular weight is 281 g/mol. The van der Waals surface area contributed by atoms with Crippen LogP contribution in [0.5, 0.6) is 0 Å². The van der Waals surface area contributed by atoms with Gasteiger partial charge in [-0.15, -0.1) is 0 Å². The molecule has 2 aliphatic rings. The minimum absolute atomic E-state index is 0.0712. The number of piperazine rings is 1. The molecular weight excluding hydrogens is 250 g/mol. The van der Waals surface area contributed by atoms with Crippen LogP contribution >= 0.6 is 0 Å². The fourth-order valence-corrected chi connectivity index (χ4v) is 3.36. The standard InChI is InChI=1S/C16H31N3O/c1-16(2)6-5-14(15(16)20)13-19-11-9-18(10-12-19)8-7-17(3)4/h14H,5-13H2,1-4H3. The Morgan fingerprint density at radius 2 is 1.75 bits per heavy atom. The highest BCUT2D eigenvalue weighted by atomic mass is 16.1. The van der Waals surface area contributed by atoms with E-state index < -0.39 is 0 Å². The van der Waals surface area contributed by atoms with Gasteiger partial charge >= 0.3 is 0 Å². The summed E-state index contributed by atoms with van der Waals surface area (Å²) in [7, 11) is 4.26. The van der Waals surface area contributed by atoms with Gasteiger partial charge in [0.25, 0.3) is 0 Å². The van der Waals surface area contributed by atoms with Gasteiger partial charge in [0.1, 0.15) is 5.78 Å². The molecule has 1 saturated heterocycles. The van der Waals surface area contributed by atoms with Crippen LogP contribution in [0, 0.1) is 11.3 Å². The second-order valence-electron chi connectivity index (χ2n) is 7.43. The molecule has 0 amide bonds. The maximum absolute atomic E-state index is 12.3. The summed E-state index contributed by atoms with van der Waals surface area (Å²) in [6.45, 7) is 12.0. The maximum atomic E-state index is 12.3. The lowest BCUT2D eigenvalue weighted by Gasteiger charge is -2.36. The Balaban J connectivity index is 1.71. The summed E-state index contributed by atoms with van der Waals surface area (Å²) < 4.78 is 0. The SMILES string of the molecule is CN(C)CCN1CCN(CC2CCC(C)(C)C2=O)CC1. The van der Waals surface area contributed by atoms with Crippen molar-refractivity contribution in [2.45, 2.75) is 26.7 Å². The predicted molar refractivity (Wildman–Crippen MR) is 82.9 cm³/mol. The topological polar surface area (TPSA) is 26.8 Å². The molecule has 0 bridgehead atoms. The molecule has 1 saturated carbocycles. The lowest BCUT2D eigenvalue weighted by atomic mass is 9.89. The fourth-order valence-electron chi connectivity index (χ4n) is 3.36. The van der Waals surface area contributed by atoms with Crippen molar-refractivity contribution in [3.05, 3.63) is 0 Å². The number of carbonyl (C=O) groups is 1. The molecule has 4 nitrogen and oxygen atoms in total. The molecule has 0 spiro atoms. The predicted octanol–water partition coefficient (Wildman–Crippen LogP) is 1.17. The lowest BCUT2D eigenvalue weighted by Crippen LogP contribution is -2.49. The summed E-state index contributed by atoms with van der Waals surface area (Å²) in [5, 5.41) is 0. The van der Waals surface area contributed by atoms with Gasteiger partial charge in [-0.3, -0.25) is 9.69 Å². The first-order valence-corrected chi connectivity index (χ1v) is 8.02. The highest BCUT2D eigenvalue weighted by molar-refractivity contribution is 5.88. The highest BCUT2D eigenvalue weighted by Crippen LogP contribution is 2.37. The molecule has 0 aromatic rings. The summed E-state index contributed by atoms with van der Waals surface area (Å²) >= 11 is 0. The van der Waals surface area contributed by atoms with Crippen molar-refractivity contribution >= 4 is 5.78 Å². The molecular formula is C16H31N3O. The van der Waals surface area contributed by atoms with E-state index in [0.29, 0.717) is 11.7 Å². The van der Waals surface area contributed by atoms with Crippen molar-refractivity contribution in [3.8, 4) is 0 Å². The van der Waals surface area contributed by atoms with Crippen molar-refractivity contribution < 1.29 is 4.79 Å². The Labute approximate surface area is 124 Å². The summed E-state index contributed by atoms with van der Waals surface area (Å²) in [5.74, 6) is 0.783. The van der Waals surface area contributed by atoms with E-state index in [1.54, 1.807) is 0 Å². The molecule has 0 radical (unpaired) electrons. The lowest BCUT2D eigenvalue weighted by molar-refractivity contribution is -0.128. The molecule has 1 aliphatic carbocycles. The largest absolute Gasteiger partial charge is 0.308 e. The van der Waals surface area contributed by atoms with Crippen LogP contribution in [0.15, 0.2) is 0 Å². The van der Waals surface area contributed by atoms with Crippen molar-refractivity contribution in [3.63, 3.8) is 0 Å². The first-order valence-electron chi connectivity index (χ1n) is 8.02. The maximum Gasteiger partial charge on any atom is 0.142 e. The Hall–Kier alpha value is -0.450. The molecule has 20 heavy (non-hydrogen) atoms. The molecule has 4 heteroatoms. The van der Waals surface area contributed by atoms with Crippen LogP contribution in [0.25, 0.3) is 0 Å². The first-order chi connectivity index (χ1) is 9.38. The van der Waals surface area contributed by atoms with Gasteiger partial charge < -0.3 is 9.80 Å². The van der Waals surface area contributed by atoms with Gasteiger partial charge in [-0.05, 0) is 26.9 Å². The summed E-state index contributed by atoms with van der Waals surface area (Å²) in [6.07, 6.45) is 2.16. The van der Waals surface area contributed by atoms with E-state index >= 15 is 0 Å². The molecule has 2 fully saturated rings. The molecule has 1 unspecified atom stereocenters. The third kappa shape index (κ3) is 4.03. The zero-order valence-corrected chi connectivity index (χ0v) is 13.7. The zero-order chi connectivity index (χ0) is 14.8. The Bertz CT molecular complexity index is 333. The fraction of sp³-hybridized carbons (Fsp3) is 0.938. The van der Waals surface area contributed by atoms with E-state index in [1.165, 1.54) is 0 Å². The van der Waals surface area contributed by atoms with Crippen LogP contribution in [0.3, 0.4) is 0 Å². The van der Waals surface area contributed by atoms with E-state index in [-0.39, 0.29) is 5.41 Å². The van der Waals surface area contributed by atoms with Gasteiger partial charge in [0.2, 0.25) is 0 Å². The Morgan fingerprint density at radius 3 is 2.25 bits per heavy atom. The van der Waals surface area contributed by atoms with Crippen LogP contribution in [0.4, 0.5) is 0 Å². The van der Waals surface area contributed by atoms with Gasteiger partial charge in [0, 0.05) is 57.1 Å². The quantitative estimate of drug-likeness (QED) is 0.756. The van der Waals surface area contributed by atoms with Crippen LogP contribution < -0.4 is 0 Å². The monoisotopic (exact) mass is 281 g/mol. The number of ketones is 1. The van der Waals surface area contributed by atoms with Gasteiger partial charge in [0.05, 0.1) is 0 Å². The molecule has 0 aromatic heterocycles. The second-order valence-corrected chi connectivity index (χ2v) is 7.43. The van der Waals surface area contributed by atoms with Crippen LogP contribution in [0.1, 0.15) is 26.7 Å². The number of carbonyl (C=O) groups excluding carboxylic acids is 1. The highest BCUT2D eigenvalue weighted by Gasteiger charge is 2.40. The van der Waals surface area contributed by atoms with Gasteiger partial charge in [0.15, 0.2) is 0 Å². The normalized spacial score (nSPS) is 28.4. The number of rotatable bonds is 5.